The van der Waals surface area contributed by atoms with Gasteiger partial charge in [-0.2, -0.15) is 0 Å². The summed E-state index contributed by atoms with van der Waals surface area (Å²) < 4.78 is 5.08. The number of para-hydroxylation sites is 1. The van der Waals surface area contributed by atoms with E-state index >= 15 is 0 Å². The van der Waals surface area contributed by atoms with Crippen molar-refractivity contribution in [2.24, 2.45) is 0 Å². The van der Waals surface area contributed by atoms with Crippen LogP contribution in [0.5, 0.6) is 5.75 Å². The van der Waals surface area contributed by atoms with Crippen LogP contribution in [0.2, 0.25) is 0 Å². The molecule has 0 fully saturated rings. The Morgan fingerprint density at radius 1 is 0.625 bits per heavy atom. The van der Waals surface area contributed by atoms with Crippen molar-refractivity contribution in [1.82, 2.24) is 0 Å². The Bertz CT molecular complexity index is 942. The molecule has 0 aliphatic heterocycles. The van der Waals surface area contributed by atoms with Crippen LogP contribution in [0, 0.1) is 0 Å². The average Bonchev–Trinajstić information content (AvgIpc) is 2.86. The number of ether oxygens (including phenoxy) is 1. The van der Waals surface area contributed by atoms with Crippen LogP contribution in [0.3, 0.4) is 0 Å². The highest BCUT2D eigenvalue weighted by molar-refractivity contribution is 7.79. The van der Waals surface area contributed by atoms with Crippen LogP contribution in [-0.2, 0) is 4.79 Å². The summed E-state index contributed by atoms with van der Waals surface area (Å²) in [5.74, 6) is 0.483. The summed E-state index contributed by atoms with van der Waals surface area (Å²) in [5.41, 5.74) is 0. The van der Waals surface area contributed by atoms with Crippen molar-refractivity contribution in [1.29, 1.82) is 0 Å². The highest BCUT2D eigenvalue weighted by atomic mass is 31.1. The molecule has 0 unspecified atom stereocenters. The first-order valence-corrected chi connectivity index (χ1v) is 12.3. The minimum absolute atomic E-state index is 0.145. The van der Waals surface area contributed by atoms with Gasteiger partial charge in [-0.15, -0.1) is 0 Å². The predicted octanol–water partition coefficient (Wildman–Crippen LogP) is 6.23. The van der Waals surface area contributed by atoms with Gasteiger partial charge in [0, 0.05) is 6.42 Å². The van der Waals surface area contributed by atoms with E-state index in [1.54, 1.807) is 12.1 Å². The second kappa shape index (κ2) is 13.2. The maximum atomic E-state index is 11.1. The number of benzene rings is 4. The van der Waals surface area contributed by atoms with Gasteiger partial charge < -0.3 is 4.74 Å². The van der Waals surface area contributed by atoms with E-state index < -0.39 is 7.92 Å². The first-order valence-electron chi connectivity index (χ1n) is 11.0. The van der Waals surface area contributed by atoms with Gasteiger partial charge >= 0.3 is 5.97 Å². The zero-order chi connectivity index (χ0) is 22.4. The van der Waals surface area contributed by atoms with E-state index in [-0.39, 0.29) is 5.97 Å². The van der Waals surface area contributed by atoms with Crippen LogP contribution < -0.4 is 20.7 Å². The number of unbranched alkanes of at least 4 members (excludes halogenated alkanes) is 1. The molecule has 0 aliphatic rings. The Balaban J connectivity index is 0.000000195. The summed E-state index contributed by atoms with van der Waals surface area (Å²) in [5, 5.41) is 4.19. The first kappa shape index (κ1) is 23.4. The number of hydrogen-bond acceptors (Lipinski definition) is 2. The third kappa shape index (κ3) is 7.48. The number of esters is 1. The minimum atomic E-state index is -0.446. The highest BCUT2D eigenvalue weighted by Gasteiger charge is 2.15. The number of hydrogen-bond donors (Lipinski definition) is 0. The summed E-state index contributed by atoms with van der Waals surface area (Å²) in [6.45, 7) is 2.05. The van der Waals surface area contributed by atoms with Crippen molar-refractivity contribution in [3.63, 3.8) is 0 Å². The van der Waals surface area contributed by atoms with Gasteiger partial charge in [0.25, 0.3) is 0 Å². The summed E-state index contributed by atoms with van der Waals surface area (Å²) in [7, 11) is -0.446. The summed E-state index contributed by atoms with van der Waals surface area (Å²) in [4.78, 5) is 11.1. The fourth-order valence-corrected chi connectivity index (χ4v) is 5.48. The van der Waals surface area contributed by atoms with Crippen molar-refractivity contribution in [3.8, 4) is 5.75 Å². The Morgan fingerprint density at radius 2 is 1.00 bits per heavy atom. The molecule has 0 bridgehead atoms. The van der Waals surface area contributed by atoms with Crippen LogP contribution in [0.1, 0.15) is 26.2 Å². The third-order valence-corrected chi connectivity index (χ3v) is 7.20. The van der Waals surface area contributed by atoms with Gasteiger partial charge in [-0.1, -0.05) is 123 Å². The van der Waals surface area contributed by atoms with Crippen molar-refractivity contribution < 1.29 is 9.53 Å². The lowest BCUT2D eigenvalue weighted by molar-refractivity contribution is -0.134. The lowest BCUT2D eigenvalue weighted by Gasteiger charge is -2.18. The lowest BCUT2D eigenvalue weighted by Crippen LogP contribution is -2.20. The van der Waals surface area contributed by atoms with E-state index in [9.17, 15) is 4.79 Å². The molecule has 0 N–H and O–H groups in total. The molecule has 0 aromatic heterocycles. The largest absolute Gasteiger partial charge is 0.427 e. The van der Waals surface area contributed by atoms with Gasteiger partial charge in [0.15, 0.2) is 0 Å². The molecule has 0 saturated carbocycles. The molecule has 0 heterocycles. The molecule has 3 heteroatoms. The molecule has 4 aromatic carbocycles. The highest BCUT2D eigenvalue weighted by Crippen LogP contribution is 2.32. The van der Waals surface area contributed by atoms with E-state index in [0.717, 1.165) is 12.8 Å². The number of carbonyl (C=O) groups excluding carboxylic acids is 1. The molecule has 0 radical (unpaired) electrons. The number of carbonyl (C=O) groups is 1. The maximum Gasteiger partial charge on any atom is 0.311 e. The van der Waals surface area contributed by atoms with Crippen molar-refractivity contribution in [2.45, 2.75) is 26.2 Å². The van der Waals surface area contributed by atoms with Gasteiger partial charge in [-0.3, -0.25) is 4.79 Å². The predicted molar refractivity (Wildman–Crippen MR) is 137 cm³/mol. The van der Waals surface area contributed by atoms with E-state index in [2.05, 4.69) is 97.9 Å². The van der Waals surface area contributed by atoms with Crippen LogP contribution in [-0.4, -0.2) is 5.97 Å². The molecule has 0 atom stereocenters. The minimum Gasteiger partial charge on any atom is -0.427 e. The van der Waals surface area contributed by atoms with E-state index in [1.165, 1.54) is 15.9 Å². The standard InChI is InChI=1S/C18H15P.C11H14O2/c1-4-10-16(11-5-1)19(17-12-6-2-7-13-17)18-14-8-3-9-15-18;1-2-3-9-11(12)13-10-7-5-4-6-8-10/h1-15H;4-8H,2-3,9H2,1H3. The van der Waals surface area contributed by atoms with Gasteiger partial charge in [0.05, 0.1) is 0 Å². The third-order valence-electron chi connectivity index (χ3n) is 4.75. The fraction of sp³-hybridized carbons (Fsp3) is 0.138. The Labute approximate surface area is 192 Å². The molecule has 4 rings (SSSR count). The van der Waals surface area contributed by atoms with Crippen LogP contribution in [0.15, 0.2) is 121 Å². The maximum absolute atomic E-state index is 11.1. The smallest absolute Gasteiger partial charge is 0.311 e. The molecular weight excluding hydrogens is 411 g/mol. The van der Waals surface area contributed by atoms with E-state index in [1.807, 2.05) is 18.2 Å². The molecule has 0 spiro atoms. The zero-order valence-electron chi connectivity index (χ0n) is 18.4. The molecule has 0 aliphatic carbocycles. The Hall–Kier alpha value is -3.22. The number of rotatable bonds is 7. The first-order chi connectivity index (χ1) is 15.8. The van der Waals surface area contributed by atoms with Crippen molar-refractivity contribution >= 4 is 29.8 Å². The van der Waals surface area contributed by atoms with Gasteiger partial charge in [0.2, 0.25) is 0 Å². The van der Waals surface area contributed by atoms with Crippen LogP contribution in [0.4, 0.5) is 0 Å². The molecule has 162 valence electrons. The van der Waals surface area contributed by atoms with E-state index in [0.29, 0.717) is 12.2 Å². The van der Waals surface area contributed by atoms with Crippen LogP contribution >= 0.6 is 7.92 Å². The SMILES string of the molecule is CCCCC(=O)Oc1ccccc1.c1ccc(P(c2ccccc2)c2ccccc2)cc1. The topological polar surface area (TPSA) is 26.3 Å². The quantitative estimate of drug-likeness (QED) is 0.194. The van der Waals surface area contributed by atoms with E-state index in [4.69, 9.17) is 4.74 Å². The van der Waals surface area contributed by atoms with Crippen molar-refractivity contribution in [3.05, 3.63) is 121 Å². The molecule has 4 aromatic rings. The van der Waals surface area contributed by atoms with Gasteiger partial charge in [-0.05, 0) is 42.4 Å². The molecular formula is C29H29O2P. The summed E-state index contributed by atoms with van der Waals surface area (Å²) >= 11 is 0. The second-order valence-corrected chi connectivity index (χ2v) is 9.45. The molecule has 32 heavy (non-hydrogen) atoms. The molecule has 2 nitrogen and oxygen atoms in total. The molecule has 0 saturated heterocycles. The van der Waals surface area contributed by atoms with Crippen LogP contribution in [0.25, 0.3) is 0 Å². The lowest BCUT2D eigenvalue weighted by atomic mass is 10.2. The molecule has 0 amide bonds. The monoisotopic (exact) mass is 440 g/mol. The summed E-state index contributed by atoms with van der Waals surface area (Å²) in [6, 6.07) is 41.5. The Kier molecular flexibility index (Phi) is 9.71. The zero-order valence-corrected chi connectivity index (χ0v) is 19.3. The average molecular weight is 441 g/mol. The van der Waals surface area contributed by atoms with Gasteiger partial charge in [0.1, 0.15) is 5.75 Å². The fourth-order valence-electron chi connectivity index (χ4n) is 3.17. The Morgan fingerprint density at radius 3 is 1.38 bits per heavy atom. The second-order valence-electron chi connectivity index (χ2n) is 7.23. The normalized spacial score (nSPS) is 10.2. The van der Waals surface area contributed by atoms with Gasteiger partial charge in [-0.25, -0.2) is 0 Å². The summed E-state index contributed by atoms with van der Waals surface area (Å²) in [6.07, 6.45) is 2.42. The van der Waals surface area contributed by atoms with Crippen molar-refractivity contribution in [2.75, 3.05) is 0 Å².